The van der Waals surface area contributed by atoms with Gasteiger partial charge in [0, 0.05) is 27.6 Å². The molecule has 0 aliphatic heterocycles. The van der Waals surface area contributed by atoms with E-state index in [-0.39, 0.29) is 6.04 Å². The van der Waals surface area contributed by atoms with Gasteiger partial charge in [-0.1, -0.05) is 0 Å². The van der Waals surface area contributed by atoms with Crippen molar-refractivity contribution < 1.29 is 0 Å². The molecule has 0 aliphatic carbocycles. The van der Waals surface area contributed by atoms with Crippen LogP contribution in [0.25, 0.3) is 0 Å². The maximum atomic E-state index is 6.12. The third-order valence-electron chi connectivity index (χ3n) is 2.22. The molecule has 2 heterocycles. The van der Waals surface area contributed by atoms with Crippen molar-refractivity contribution in [3.8, 4) is 0 Å². The van der Waals surface area contributed by atoms with Gasteiger partial charge in [0.1, 0.15) is 0 Å². The average molecular weight is 238 g/mol. The molecule has 0 aromatic carbocycles. The van der Waals surface area contributed by atoms with Crippen molar-refractivity contribution in [1.82, 2.24) is 4.98 Å². The van der Waals surface area contributed by atoms with Crippen molar-refractivity contribution in [2.75, 3.05) is 0 Å². The van der Waals surface area contributed by atoms with E-state index in [1.165, 1.54) is 9.75 Å². The third-order valence-corrected chi connectivity index (χ3v) is 4.18. The maximum Gasteiger partial charge on any atom is 0.0897 e. The van der Waals surface area contributed by atoms with E-state index < -0.39 is 0 Å². The quantitative estimate of drug-likeness (QED) is 0.892. The Morgan fingerprint density at radius 3 is 2.73 bits per heavy atom. The van der Waals surface area contributed by atoms with Gasteiger partial charge in [0.15, 0.2) is 0 Å². The summed E-state index contributed by atoms with van der Waals surface area (Å²) in [7, 11) is 0. The molecule has 0 amide bonds. The number of nitrogens with zero attached hydrogens (tertiary/aromatic N) is 1. The van der Waals surface area contributed by atoms with Crippen LogP contribution in [0.4, 0.5) is 0 Å². The topological polar surface area (TPSA) is 38.9 Å². The summed E-state index contributed by atoms with van der Waals surface area (Å²) in [6, 6.07) is 4.32. The second kappa shape index (κ2) is 4.43. The summed E-state index contributed by atoms with van der Waals surface area (Å²) in [6.45, 7) is 4.13. The molecule has 1 unspecified atom stereocenters. The fourth-order valence-corrected chi connectivity index (χ4v) is 2.98. The summed E-state index contributed by atoms with van der Waals surface area (Å²) >= 11 is 3.46. The van der Waals surface area contributed by atoms with E-state index in [1.54, 1.807) is 22.7 Å². The highest BCUT2D eigenvalue weighted by atomic mass is 32.1. The van der Waals surface area contributed by atoms with Gasteiger partial charge in [-0.2, -0.15) is 0 Å². The Labute approximate surface area is 97.8 Å². The van der Waals surface area contributed by atoms with Gasteiger partial charge >= 0.3 is 0 Å². The number of thiophene rings is 1. The minimum absolute atomic E-state index is 0.0881. The van der Waals surface area contributed by atoms with E-state index in [9.17, 15) is 0 Å². The minimum Gasteiger partial charge on any atom is -0.323 e. The summed E-state index contributed by atoms with van der Waals surface area (Å²) in [5.74, 6) is 0. The van der Waals surface area contributed by atoms with Gasteiger partial charge in [0.2, 0.25) is 0 Å². The molecule has 4 heteroatoms. The zero-order valence-electron chi connectivity index (χ0n) is 8.86. The summed E-state index contributed by atoms with van der Waals surface area (Å²) in [6.07, 6.45) is 0.838. The zero-order valence-corrected chi connectivity index (χ0v) is 10.5. The molecule has 2 rings (SSSR count). The predicted octanol–water partition coefficient (Wildman–Crippen LogP) is 3.06. The predicted molar refractivity (Wildman–Crippen MR) is 66.5 cm³/mol. The maximum absolute atomic E-state index is 6.12. The van der Waals surface area contributed by atoms with Crippen LogP contribution < -0.4 is 5.73 Å². The summed E-state index contributed by atoms with van der Waals surface area (Å²) < 4.78 is 0. The molecule has 15 heavy (non-hydrogen) atoms. The highest BCUT2D eigenvalue weighted by Crippen LogP contribution is 2.24. The Balaban J connectivity index is 2.06. The number of hydrogen-bond donors (Lipinski definition) is 1. The van der Waals surface area contributed by atoms with E-state index in [0.717, 1.165) is 17.1 Å². The van der Waals surface area contributed by atoms with Gasteiger partial charge in [0.25, 0.3) is 0 Å². The smallest absolute Gasteiger partial charge is 0.0897 e. The highest BCUT2D eigenvalue weighted by molar-refractivity contribution is 7.12. The lowest BCUT2D eigenvalue weighted by Gasteiger charge is -2.06. The molecule has 1 atom stereocenters. The summed E-state index contributed by atoms with van der Waals surface area (Å²) in [5, 5.41) is 3.20. The normalized spacial score (nSPS) is 13.0. The van der Waals surface area contributed by atoms with Crippen LogP contribution >= 0.6 is 22.7 Å². The van der Waals surface area contributed by atoms with E-state index in [4.69, 9.17) is 5.73 Å². The van der Waals surface area contributed by atoms with Crippen LogP contribution in [0.15, 0.2) is 17.5 Å². The molecule has 2 N–H and O–H groups in total. The number of aromatic nitrogens is 1. The van der Waals surface area contributed by atoms with Gasteiger partial charge in [0.05, 0.1) is 10.7 Å². The standard InChI is InChI=1S/C11H14N2S2/c1-7-3-4-11(15-7)10(12)5-9-6-14-8(2)13-9/h3-4,6,10H,5,12H2,1-2H3. The van der Waals surface area contributed by atoms with Crippen molar-refractivity contribution in [3.05, 3.63) is 38.0 Å². The number of thiazole rings is 1. The summed E-state index contributed by atoms with van der Waals surface area (Å²) in [5.41, 5.74) is 7.23. The van der Waals surface area contributed by atoms with Crippen LogP contribution in [0.5, 0.6) is 0 Å². The molecule has 2 nitrogen and oxygen atoms in total. The molecular weight excluding hydrogens is 224 g/mol. The number of rotatable bonds is 3. The second-order valence-corrected chi connectivity index (χ2v) is 6.00. The fraction of sp³-hybridized carbons (Fsp3) is 0.364. The molecule has 0 aliphatic rings. The fourth-order valence-electron chi connectivity index (χ4n) is 1.48. The van der Waals surface area contributed by atoms with Gasteiger partial charge in [-0.15, -0.1) is 22.7 Å². The SMILES string of the molecule is Cc1ccc(C(N)Cc2csc(C)n2)s1. The van der Waals surface area contributed by atoms with E-state index in [0.29, 0.717) is 0 Å². The Morgan fingerprint density at radius 1 is 1.40 bits per heavy atom. The first kappa shape index (κ1) is 10.8. The number of hydrogen-bond acceptors (Lipinski definition) is 4. The Hall–Kier alpha value is -0.710. The monoisotopic (exact) mass is 238 g/mol. The lowest BCUT2D eigenvalue weighted by Crippen LogP contribution is -2.11. The first-order valence-corrected chi connectivity index (χ1v) is 6.57. The second-order valence-electron chi connectivity index (χ2n) is 3.62. The Morgan fingerprint density at radius 2 is 2.20 bits per heavy atom. The molecule has 0 fully saturated rings. The van der Waals surface area contributed by atoms with Gasteiger partial charge in [-0.05, 0) is 26.0 Å². The molecular formula is C11H14N2S2. The lowest BCUT2D eigenvalue weighted by molar-refractivity contribution is 0.722. The highest BCUT2D eigenvalue weighted by Gasteiger charge is 2.10. The van der Waals surface area contributed by atoms with Crippen LogP contribution in [0.2, 0.25) is 0 Å². The number of aryl methyl sites for hydroxylation is 2. The Bertz CT molecular complexity index is 445. The van der Waals surface area contributed by atoms with Crippen LogP contribution in [0.1, 0.15) is 26.5 Å². The average Bonchev–Trinajstić information content (AvgIpc) is 2.75. The van der Waals surface area contributed by atoms with E-state index in [1.807, 2.05) is 6.92 Å². The van der Waals surface area contributed by atoms with Gasteiger partial charge in [-0.25, -0.2) is 4.98 Å². The first-order chi connectivity index (χ1) is 7.15. The van der Waals surface area contributed by atoms with Crippen molar-refractivity contribution in [2.24, 2.45) is 5.73 Å². The largest absolute Gasteiger partial charge is 0.323 e. The molecule has 80 valence electrons. The van der Waals surface area contributed by atoms with Gasteiger partial charge in [-0.3, -0.25) is 0 Å². The molecule has 0 spiro atoms. The van der Waals surface area contributed by atoms with Crippen molar-refractivity contribution in [1.29, 1.82) is 0 Å². The van der Waals surface area contributed by atoms with Gasteiger partial charge < -0.3 is 5.73 Å². The van der Waals surface area contributed by atoms with Crippen molar-refractivity contribution in [3.63, 3.8) is 0 Å². The van der Waals surface area contributed by atoms with Crippen LogP contribution in [-0.2, 0) is 6.42 Å². The molecule has 2 aromatic rings. The molecule has 0 saturated heterocycles. The van der Waals surface area contributed by atoms with E-state index in [2.05, 4.69) is 29.4 Å². The molecule has 2 aromatic heterocycles. The molecule has 0 saturated carbocycles. The van der Waals surface area contributed by atoms with Crippen molar-refractivity contribution >= 4 is 22.7 Å². The van der Waals surface area contributed by atoms with E-state index >= 15 is 0 Å². The van der Waals surface area contributed by atoms with Crippen LogP contribution in [0.3, 0.4) is 0 Å². The first-order valence-electron chi connectivity index (χ1n) is 4.88. The molecule has 0 radical (unpaired) electrons. The minimum atomic E-state index is 0.0881. The lowest BCUT2D eigenvalue weighted by atomic mass is 10.1. The van der Waals surface area contributed by atoms with Crippen molar-refractivity contribution in [2.45, 2.75) is 26.3 Å². The number of nitrogens with two attached hydrogens (primary N) is 1. The zero-order chi connectivity index (χ0) is 10.8. The van der Waals surface area contributed by atoms with Crippen LogP contribution in [-0.4, -0.2) is 4.98 Å². The third kappa shape index (κ3) is 2.65. The Kier molecular flexibility index (Phi) is 3.19. The van der Waals surface area contributed by atoms with Crippen LogP contribution in [0, 0.1) is 13.8 Å². The molecule has 0 bridgehead atoms. The summed E-state index contributed by atoms with van der Waals surface area (Å²) in [4.78, 5) is 6.99.